The number of nitrogens with zero attached hydrogens (tertiary/aromatic N) is 2. The van der Waals surface area contributed by atoms with E-state index in [4.69, 9.17) is 9.47 Å². The predicted molar refractivity (Wildman–Crippen MR) is 109 cm³/mol. The van der Waals surface area contributed by atoms with Gasteiger partial charge in [0.15, 0.2) is 11.5 Å². The quantitative estimate of drug-likeness (QED) is 0.698. The number of aryl methyl sites for hydroxylation is 2. The first-order valence-corrected chi connectivity index (χ1v) is 9.48. The molecule has 2 rings (SSSR count). The van der Waals surface area contributed by atoms with Crippen LogP contribution in [0.4, 0.5) is 5.69 Å². The number of benzene rings is 1. The molecule has 0 unspecified atom stereocenters. The smallest absolute Gasteiger partial charge is 0.251 e. The van der Waals surface area contributed by atoms with E-state index in [-0.39, 0.29) is 18.4 Å². The van der Waals surface area contributed by atoms with Crippen LogP contribution in [0.15, 0.2) is 12.1 Å². The lowest BCUT2D eigenvalue weighted by atomic mass is 10.1. The van der Waals surface area contributed by atoms with Crippen molar-refractivity contribution in [2.24, 2.45) is 0 Å². The van der Waals surface area contributed by atoms with Crippen molar-refractivity contribution in [1.82, 2.24) is 15.2 Å². The molecule has 0 aliphatic heterocycles. The molecule has 152 valence electrons. The maximum Gasteiger partial charge on any atom is 0.251 e. The molecule has 0 bridgehead atoms. The molecule has 0 fully saturated rings. The number of rotatable bonds is 8. The zero-order valence-corrected chi connectivity index (χ0v) is 17.8. The topological polar surface area (TPSA) is 92.8 Å². The fourth-order valence-corrected chi connectivity index (χ4v) is 3.41. The van der Waals surface area contributed by atoms with E-state index in [1.165, 1.54) is 14.2 Å². The number of carbonyl (C=O) groups is 2. The molecule has 2 amide bonds. The summed E-state index contributed by atoms with van der Waals surface area (Å²) in [5.74, 6) is 0.194. The minimum Gasteiger partial charge on any atom is -0.493 e. The first kappa shape index (κ1) is 21.6. The molecule has 0 atom stereocenters. The molecule has 0 saturated heterocycles. The van der Waals surface area contributed by atoms with Crippen molar-refractivity contribution in [2.45, 2.75) is 20.4 Å². The molecule has 0 aliphatic rings. The summed E-state index contributed by atoms with van der Waals surface area (Å²) in [6.07, 6.45) is 0. The molecule has 1 heterocycles. The van der Waals surface area contributed by atoms with Gasteiger partial charge in [-0.05, 0) is 40.1 Å². The number of aromatic nitrogens is 1. The van der Waals surface area contributed by atoms with Crippen LogP contribution in [0.3, 0.4) is 0 Å². The van der Waals surface area contributed by atoms with Crippen molar-refractivity contribution in [3.8, 4) is 11.5 Å². The van der Waals surface area contributed by atoms with E-state index in [1.54, 1.807) is 42.5 Å². The lowest BCUT2D eigenvalue weighted by Gasteiger charge is -2.16. The molecule has 2 aromatic rings. The van der Waals surface area contributed by atoms with Crippen molar-refractivity contribution in [3.05, 3.63) is 33.3 Å². The molecule has 1 aromatic heterocycles. The van der Waals surface area contributed by atoms with E-state index in [2.05, 4.69) is 15.6 Å². The van der Waals surface area contributed by atoms with E-state index >= 15 is 0 Å². The van der Waals surface area contributed by atoms with Crippen molar-refractivity contribution in [3.63, 3.8) is 0 Å². The number of ether oxygens (including phenoxy) is 2. The van der Waals surface area contributed by atoms with Gasteiger partial charge in [-0.3, -0.25) is 9.59 Å². The first-order valence-electron chi connectivity index (χ1n) is 8.66. The van der Waals surface area contributed by atoms with Crippen LogP contribution in [0.25, 0.3) is 0 Å². The number of carbonyl (C=O) groups excluding carboxylic acids is 2. The highest BCUT2D eigenvalue weighted by atomic mass is 32.1. The van der Waals surface area contributed by atoms with E-state index in [0.29, 0.717) is 29.3 Å². The number of amides is 2. The van der Waals surface area contributed by atoms with Gasteiger partial charge in [-0.1, -0.05) is 0 Å². The lowest BCUT2D eigenvalue weighted by Crippen LogP contribution is -2.27. The van der Waals surface area contributed by atoms with Crippen LogP contribution in [-0.4, -0.2) is 56.6 Å². The Labute approximate surface area is 168 Å². The summed E-state index contributed by atoms with van der Waals surface area (Å²) in [6, 6.07) is 3.15. The van der Waals surface area contributed by atoms with Gasteiger partial charge in [0.25, 0.3) is 5.91 Å². The fraction of sp³-hybridized carbons (Fsp3) is 0.421. The first-order chi connectivity index (χ1) is 13.2. The Kier molecular flexibility index (Phi) is 7.36. The standard InChI is InChI=1S/C19H26N4O4S/c1-11-12(2)28-17(21-11)9-20-19(25)13-7-14(22-16(24)10-23(3)4)18(27-6)15(8-13)26-5/h7-8H,9-10H2,1-6H3,(H,20,25)(H,22,24). The van der Waals surface area contributed by atoms with Crippen LogP contribution in [-0.2, 0) is 11.3 Å². The predicted octanol–water partition coefficient (Wildman–Crippen LogP) is 2.21. The minimum absolute atomic E-state index is 0.199. The molecule has 0 saturated carbocycles. The third-order valence-corrected chi connectivity index (χ3v) is 5.02. The summed E-state index contributed by atoms with van der Waals surface area (Å²) in [6.45, 7) is 4.46. The van der Waals surface area contributed by atoms with Crippen molar-refractivity contribution >= 4 is 28.8 Å². The number of hydrogen-bond acceptors (Lipinski definition) is 7. The molecular weight excluding hydrogens is 380 g/mol. The SMILES string of the molecule is COc1cc(C(=O)NCc2nc(C)c(C)s2)cc(NC(=O)CN(C)C)c1OC. The molecule has 8 nitrogen and oxygen atoms in total. The number of methoxy groups -OCH3 is 2. The summed E-state index contributed by atoms with van der Waals surface area (Å²) in [5.41, 5.74) is 1.69. The third-order valence-electron chi connectivity index (χ3n) is 3.95. The van der Waals surface area contributed by atoms with Crippen LogP contribution in [0.2, 0.25) is 0 Å². The Balaban J connectivity index is 2.23. The maximum absolute atomic E-state index is 12.6. The van der Waals surface area contributed by atoms with Crippen LogP contribution in [0, 0.1) is 13.8 Å². The third kappa shape index (κ3) is 5.43. The lowest BCUT2D eigenvalue weighted by molar-refractivity contribution is -0.116. The minimum atomic E-state index is -0.297. The maximum atomic E-state index is 12.6. The van der Waals surface area contributed by atoms with E-state index in [0.717, 1.165) is 15.6 Å². The van der Waals surface area contributed by atoms with Crippen LogP contribution >= 0.6 is 11.3 Å². The summed E-state index contributed by atoms with van der Waals surface area (Å²) in [5, 5.41) is 6.46. The monoisotopic (exact) mass is 406 g/mol. The van der Waals surface area contributed by atoms with Crippen LogP contribution < -0.4 is 20.1 Å². The van der Waals surface area contributed by atoms with Gasteiger partial charge in [-0.25, -0.2) is 4.98 Å². The van der Waals surface area contributed by atoms with Gasteiger partial charge in [0.05, 0.1) is 38.7 Å². The second kappa shape index (κ2) is 9.52. The second-order valence-corrected chi connectivity index (χ2v) is 7.76. The number of anilines is 1. The van der Waals surface area contributed by atoms with E-state index in [1.807, 2.05) is 13.8 Å². The van der Waals surface area contributed by atoms with Gasteiger partial charge >= 0.3 is 0 Å². The molecule has 9 heteroatoms. The Morgan fingerprint density at radius 1 is 1.18 bits per heavy atom. The highest BCUT2D eigenvalue weighted by Crippen LogP contribution is 2.36. The zero-order valence-electron chi connectivity index (χ0n) is 17.0. The van der Waals surface area contributed by atoms with Gasteiger partial charge in [0.2, 0.25) is 5.91 Å². The molecule has 0 radical (unpaired) electrons. The molecule has 2 N–H and O–H groups in total. The highest BCUT2D eigenvalue weighted by molar-refractivity contribution is 7.11. The van der Waals surface area contributed by atoms with Gasteiger partial charge in [0.1, 0.15) is 5.01 Å². The fourth-order valence-electron chi connectivity index (χ4n) is 2.54. The Hall–Kier alpha value is -2.65. The summed E-state index contributed by atoms with van der Waals surface area (Å²) in [7, 11) is 6.55. The Morgan fingerprint density at radius 2 is 1.89 bits per heavy atom. The van der Waals surface area contributed by atoms with Gasteiger partial charge in [0, 0.05) is 10.4 Å². The average molecular weight is 407 g/mol. The molecule has 0 spiro atoms. The highest BCUT2D eigenvalue weighted by Gasteiger charge is 2.18. The summed E-state index contributed by atoms with van der Waals surface area (Å²) >= 11 is 1.55. The number of likely N-dealkylation sites (N-methyl/N-ethyl adjacent to an activating group) is 1. The number of hydrogen-bond donors (Lipinski definition) is 2. The molecule has 0 aliphatic carbocycles. The summed E-state index contributed by atoms with van der Waals surface area (Å²) in [4.78, 5) is 32.1. The Morgan fingerprint density at radius 3 is 2.43 bits per heavy atom. The van der Waals surface area contributed by atoms with Gasteiger partial charge in [-0.15, -0.1) is 11.3 Å². The second-order valence-electron chi connectivity index (χ2n) is 6.48. The van der Waals surface area contributed by atoms with Crippen LogP contribution in [0.1, 0.15) is 25.9 Å². The normalized spacial score (nSPS) is 10.7. The molecular formula is C19H26N4O4S. The van der Waals surface area contributed by atoms with Gasteiger partial charge < -0.3 is 25.0 Å². The molecule has 28 heavy (non-hydrogen) atoms. The zero-order chi connectivity index (χ0) is 20.8. The van der Waals surface area contributed by atoms with Crippen molar-refractivity contribution in [2.75, 3.05) is 40.2 Å². The van der Waals surface area contributed by atoms with E-state index in [9.17, 15) is 9.59 Å². The summed E-state index contributed by atoms with van der Waals surface area (Å²) < 4.78 is 10.7. The average Bonchev–Trinajstić information content (AvgIpc) is 2.95. The number of thiazole rings is 1. The van der Waals surface area contributed by atoms with Crippen molar-refractivity contribution in [1.29, 1.82) is 0 Å². The van der Waals surface area contributed by atoms with Crippen LogP contribution in [0.5, 0.6) is 11.5 Å². The number of nitrogens with one attached hydrogen (secondary N) is 2. The molecule has 1 aromatic carbocycles. The van der Waals surface area contributed by atoms with Crippen molar-refractivity contribution < 1.29 is 19.1 Å². The Bertz CT molecular complexity index is 844. The largest absolute Gasteiger partial charge is 0.493 e. The van der Waals surface area contributed by atoms with Gasteiger partial charge in [-0.2, -0.15) is 0 Å². The van der Waals surface area contributed by atoms with E-state index < -0.39 is 0 Å².